The molecule has 0 aliphatic carbocycles. The molecule has 0 saturated heterocycles. The lowest BCUT2D eigenvalue weighted by Gasteiger charge is -2.04. The second-order valence-electron chi connectivity index (χ2n) is 5.75. The van der Waals surface area contributed by atoms with Gasteiger partial charge in [0.05, 0.1) is 17.5 Å². The molecule has 3 rings (SSSR count). The zero-order chi connectivity index (χ0) is 20.3. The molecule has 10 heteroatoms. The van der Waals surface area contributed by atoms with E-state index >= 15 is 0 Å². The van der Waals surface area contributed by atoms with Crippen molar-refractivity contribution in [3.05, 3.63) is 52.6 Å². The van der Waals surface area contributed by atoms with Crippen molar-refractivity contribution in [1.29, 1.82) is 0 Å². The molecule has 1 aromatic heterocycles. The summed E-state index contributed by atoms with van der Waals surface area (Å²) >= 11 is 0. The molecule has 2 aromatic carbocycles. The number of nitro groups is 1. The van der Waals surface area contributed by atoms with Gasteiger partial charge in [-0.2, -0.15) is 0 Å². The molecule has 0 saturated carbocycles. The fourth-order valence-corrected chi connectivity index (χ4v) is 2.56. The van der Waals surface area contributed by atoms with Gasteiger partial charge in [-0.1, -0.05) is 0 Å². The highest BCUT2D eigenvalue weighted by Gasteiger charge is 2.18. The minimum Gasteiger partial charge on any atom is -0.497 e. The standard InChI is InChI=1S/C18H16N4O6/c1-21-15-8-3-11(22(25)26)9-14(15)17(18(21)24)20-19-16(23)10-28-13-6-4-12(27-2)5-7-13/h3-9,24H,10H2,1-2H3. The van der Waals surface area contributed by atoms with Crippen molar-refractivity contribution in [3.8, 4) is 17.4 Å². The van der Waals surface area contributed by atoms with E-state index in [4.69, 9.17) is 9.47 Å². The highest BCUT2D eigenvalue weighted by molar-refractivity contribution is 5.96. The van der Waals surface area contributed by atoms with Crippen LogP contribution in [0.5, 0.6) is 17.4 Å². The van der Waals surface area contributed by atoms with Crippen molar-refractivity contribution < 1.29 is 24.3 Å². The number of ether oxygens (including phenoxy) is 2. The van der Waals surface area contributed by atoms with E-state index in [-0.39, 0.29) is 23.9 Å². The first-order chi connectivity index (χ1) is 13.4. The minimum absolute atomic E-state index is 0.0287. The van der Waals surface area contributed by atoms with Crippen LogP contribution in [0.2, 0.25) is 0 Å². The maximum atomic E-state index is 11.9. The van der Waals surface area contributed by atoms with Crippen LogP contribution in [0, 0.1) is 10.1 Å². The average Bonchev–Trinajstić information content (AvgIpc) is 2.94. The molecular formula is C18H16N4O6. The maximum Gasteiger partial charge on any atom is 0.302 e. The first-order valence-electron chi connectivity index (χ1n) is 8.08. The molecule has 1 heterocycles. The van der Waals surface area contributed by atoms with E-state index in [1.54, 1.807) is 31.3 Å². The summed E-state index contributed by atoms with van der Waals surface area (Å²) in [7, 11) is 3.11. The molecule has 3 aromatic rings. The zero-order valence-corrected chi connectivity index (χ0v) is 15.0. The molecule has 0 aliphatic heterocycles. The minimum atomic E-state index is -0.683. The smallest absolute Gasteiger partial charge is 0.302 e. The van der Waals surface area contributed by atoms with Crippen LogP contribution in [0.4, 0.5) is 11.4 Å². The number of amides is 1. The number of benzene rings is 2. The van der Waals surface area contributed by atoms with Crippen molar-refractivity contribution in [3.63, 3.8) is 0 Å². The van der Waals surface area contributed by atoms with Crippen LogP contribution in [0.3, 0.4) is 0 Å². The van der Waals surface area contributed by atoms with Crippen LogP contribution in [0.25, 0.3) is 10.9 Å². The number of nitrogens with zero attached hydrogens (tertiary/aromatic N) is 4. The SMILES string of the molecule is COc1ccc(OCC(=O)N=Nc2c(O)n(C)c3ccc([N+](=O)[O-])cc23)cc1. The number of rotatable bonds is 6. The maximum absolute atomic E-state index is 11.9. The third-order valence-corrected chi connectivity index (χ3v) is 4.02. The first kappa shape index (κ1) is 18.8. The van der Waals surface area contributed by atoms with Crippen molar-refractivity contribution in [1.82, 2.24) is 4.57 Å². The number of azo groups is 1. The predicted octanol–water partition coefficient (Wildman–Crippen LogP) is 3.49. The van der Waals surface area contributed by atoms with Gasteiger partial charge in [0, 0.05) is 24.6 Å². The summed E-state index contributed by atoms with van der Waals surface area (Å²) in [4.78, 5) is 22.4. The summed E-state index contributed by atoms with van der Waals surface area (Å²) < 4.78 is 11.7. The van der Waals surface area contributed by atoms with Gasteiger partial charge in [0.2, 0.25) is 5.88 Å². The summed E-state index contributed by atoms with van der Waals surface area (Å²) in [6.45, 7) is -0.360. The fourth-order valence-electron chi connectivity index (χ4n) is 2.56. The Morgan fingerprint density at radius 2 is 1.89 bits per heavy atom. The molecular weight excluding hydrogens is 368 g/mol. The molecule has 0 aliphatic rings. The third-order valence-electron chi connectivity index (χ3n) is 4.02. The Kier molecular flexibility index (Phi) is 5.21. The zero-order valence-electron chi connectivity index (χ0n) is 15.0. The largest absolute Gasteiger partial charge is 0.497 e. The molecule has 10 nitrogen and oxygen atoms in total. The number of hydrogen-bond donors (Lipinski definition) is 1. The molecule has 0 spiro atoms. The summed E-state index contributed by atoms with van der Waals surface area (Å²) in [6, 6.07) is 10.7. The van der Waals surface area contributed by atoms with Gasteiger partial charge in [-0.15, -0.1) is 10.2 Å². The molecule has 0 bridgehead atoms. The van der Waals surface area contributed by atoms with Crippen LogP contribution < -0.4 is 9.47 Å². The lowest BCUT2D eigenvalue weighted by atomic mass is 10.2. The second-order valence-corrected chi connectivity index (χ2v) is 5.75. The number of non-ortho nitro benzene ring substituents is 1. The number of nitro benzene ring substituents is 1. The van der Waals surface area contributed by atoms with Gasteiger partial charge in [-0.05, 0) is 30.3 Å². The number of fused-ring (bicyclic) bond motifs is 1. The summed E-state index contributed by atoms with van der Waals surface area (Å²) in [6.07, 6.45) is 0. The van der Waals surface area contributed by atoms with E-state index in [0.29, 0.717) is 22.4 Å². The van der Waals surface area contributed by atoms with Crippen molar-refractivity contribution in [2.75, 3.05) is 13.7 Å². The monoisotopic (exact) mass is 384 g/mol. The number of aromatic nitrogens is 1. The van der Waals surface area contributed by atoms with E-state index in [2.05, 4.69) is 10.2 Å². The summed E-state index contributed by atoms with van der Waals surface area (Å²) in [5.74, 6) is 0.160. The van der Waals surface area contributed by atoms with Crippen molar-refractivity contribution in [2.24, 2.45) is 17.3 Å². The highest BCUT2D eigenvalue weighted by atomic mass is 16.6. The third kappa shape index (κ3) is 3.75. The fraction of sp³-hybridized carbons (Fsp3) is 0.167. The molecule has 0 fully saturated rings. The number of methoxy groups -OCH3 is 1. The van der Waals surface area contributed by atoms with Crippen LogP contribution in [-0.4, -0.2) is 34.2 Å². The van der Waals surface area contributed by atoms with Crippen LogP contribution >= 0.6 is 0 Å². The van der Waals surface area contributed by atoms with Gasteiger partial charge in [-0.25, -0.2) is 0 Å². The van der Waals surface area contributed by atoms with Crippen molar-refractivity contribution >= 4 is 28.2 Å². The normalized spacial score (nSPS) is 11.1. The first-order valence-corrected chi connectivity index (χ1v) is 8.08. The molecule has 1 N–H and O–H groups in total. The lowest BCUT2D eigenvalue weighted by molar-refractivity contribution is -0.384. The Morgan fingerprint density at radius 3 is 2.54 bits per heavy atom. The Morgan fingerprint density at radius 1 is 1.21 bits per heavy atom. The van der Waals surface area contributed by atoms with E-state index in [1.165, 1.54) is 29.9 Å². The van der Waals surface area contributed by atoms with E-state index in [9.17, 15) is 20.0 Å². The number of aromatic hydroxyl groups is 1. The van der Waals surface area contributed by atoms with Gasteiger partial charge >= 0.3 is 5.91 Å². The van der Waals surface area contributed by atoms with Crippen molar-refractivity contribution in [2.45, 2.75) is 0 Å². The Balaban J connectivity index is 1.77. The topological polar surface area (TPSA) is 129 Å². The number of carbonyl (C=O) groups is 1. The molecule has 28 heavy (non-hydrogen) atoms. The highest BCUT2D eigenvalue weighted by Crippen LogP contribution is 2.39. The number of carbonyl (C=O) groups excluding carboxylic acids is 1. The number of hydrogen-bond acceptors (Lipinski definition) is 7. The van der Waals surface area contributed by atoms with Gasteiger partial charge < -0.3 is 19.1 Å². The Hall–Kier alpha value is -3.95. The van der Waals surface area contributed by atoms with E-state index in [1.807, 2.05) is 0 Å². The predicted molar refractivity (Wildman–Crippen MR) is 99.3 cm³/mol. The number of aryl methyl sites for hydroxylation is 1. The summed E-state index contributed by atoms with van der Waals surface area (Å²) in [5, 5.41) is 28.8. The summed E-state index contributed by atoms with van der Waals surface area (Å²) in [5.41, 5.74) is 0.321. The quantitative estimate of drug-likeness (QED) is 0.393. The van der Waals surface area contributed by atoms with Gasteiger partial charge in [-0.3, -0.25) is 14.9 Å². The van der Waals surface area contributed by atoms with Gasteiger partial charge in [0.1, 0.15) is 11.5 Å². The van der Waals surface area contributed by atoms with Gasteiger partial charge in [0.15, 0.2) is 12.3 Å². The molecule has 1 amide bonds. The Labute approximate surface area is 158 Å². The Bertz CT molecular complexity index is 1070. The van der Waals surface area contributed by atoms with Crippen LogP contribution in [0.1, 0.15) is 0 Å². The van der Waals surface area contributed by atoms with E-state index in [0.717, 1.165) is 0 Å². The lowest BCUT2D eigenvalue weighted by Crippen LogP contribution is -2.07. The molecule has 144 valence electrons. The molecule has 0 atom stereocenters. The van der Waals surface area contributed by atoms with Crippen LogP contribution in [-0.2, 0) is 11.8 Å². The molecule has 0 radical (unpaired) electrons. The van der Waals surface area contributed by atoms with Gasteiger partial charge in [0.25, 0.3) is 5.69 Å². The van der Waals surface area contributed by atoms with E-state index < -0.39 is 10.8 Å². The second kappa shape index (κ2) is 7.74. The molecule has 0 unspecified atom stereocenters. The average molecular weight is 384 g/mol. The van der Waals surface area contributed by atoms with Crippen LogP contribution in [0.15, 0.2) is 52.7 Å².